The third kappa shape index (κ3) is 3.63. The Balaban J connectivity index is 1.76. The van der Waals surface area contributed by atoms with Crippen molar-refractivity contribution in [3.8, 4) is 5.75 Å². The number of rotatable bonds is 5. The Morgan fingerprint density at radius 1 is 1.40 bits per heavy atom. The Hall–Kier alpha value is -1.75. The van der Waals surface area contributed by atoms with E-state index in [-0.39, 0.29) is 18.9 Å². The highest BCUT2D eigenvalue weighted by atomic mass is 35.5. The summed E-state index contributed by atoms with van der Waals surface area (Å²) in [5.41, 5.74) is 0. The first kappa shape index (κ1) is 14.7. The van der Waals surface area contributed by atoms with Crippen LogP contribution in [0.15, 0.2) is 24.3 Å². The minimum Gasteiger partial charge on any atom is -0.491 e. The van der Waals surface area contributed by atoms with Gasteiger partial charge in [0.25, 0.3) is 0 Å². The highest BCUT2D eigenvalue weighted by Gasteiger charge is 2.30. The molecule has 1 aromatic carbocycles. The maximum Gasteiger partial charge on any atom is 0.308 e. The van der Waals surface area contributed by atoms with E-state index in [9.17, 15) is 9.59 Å². The highest BCUT2D eigenvalue weighted by molar-refractivity contribution is 6.32. The molecule has 1 atom stereocenters. The molecule has 6 heteroatoms. The van der Waals surface area contributed by atoms with Gasteiger partial charge in [-0.05, 0) is 18.6 Å². The SMILES string of the molecule is O=C(O)[C@@H]1CCN(C(=O)CCOc2ccccc2Cl)C1. The summed E-state index contributed by atoms with van der Waals surface area (Å²) >= 11 is 5.94. The van der Waals surface area contributed by atoms with Gasteiger partial charge in [0, 0.05) is 13.1 Å². The van der Waals surface area contributed by atoms with Gasteiger partial charge < -0.3 is 14.7 Å². The lowest BCUT2D eigenvalue weighted by atomic mass is 10.1. The Bertz CT molecular complexity index is 506. The molecule has 2 rings (SSSR count). The molecule has 20 heavy (non-hydrogen) atoms. The van der Waals surface area contributed by atoms with Crippen molar-refractivity contribution in [2.45, 2.75) is 12.8 Å². The van der Waals surface area contributed by atoms with E-state index >= 15 is 0 Å². The molecule has 1 N–H and O–H groups in total. The second kappa shape index (κ2) is 6.61. The van der Waals surface area contributed by atoms with Gasteiger partial charge in [0.05, 0.1) is 24.0 Å². The van der Waals surface area contributed by atoms with Gasteiger partial charge in [-0.15, -0.1) is 0 Å². The number of carbonyl (C=O) groups excluding carboxylic acids is 1. The van der Waals surface area contributed by atoms with E-state index in [1.165, 1.54) is 0 Å². The number of aliphatic carboxylic acids is 1. The van der Waals surface area contributed by atoms with Gasteiger partial charge >= 0.3 is 5.97 Å². The van der Waals surface area contributed by atoms with Crippen LogP contribution in [0.5, 0.6) is 5.75 Å². The van der Waals surface area contributed by atoms with Crippen LogP contribution in [-0.2, 0) is 9.59 Å². The molecule has 0 aromatic heterocycles. The van der Waals surface area contributed by atoms with Crippen molar-refractivity contribution in [3.63, 3.8) is 0 Å². The molecule has 0 unspecified atom stereocenters. The molecule has 1 saturated heterocycles. The number of likely N-dealkylation sites (tertiary alicyclic amines) is 1. The zero-order valence-electron chi connectivity index (χ0n) is 10.9. The Labute approximate surface area is 122 Å². The number of nitrogens with zero attached hydrogens (tertiary/aromatic N) is 1. The van der Waals surface area contributed by atoms with Crippen LogP contribution in [0.3, 0.4) is 0 Å². The van der Waals surface area contributed by atoms with Crippen LogP contribution >= 0.6 is 11.6 Å². The smallest absolute Gasteiger partial charge is 0.308 e. The molecule has 1 aliphatic heterocycles. The summed E-state index contributed by atoms with van der Waals surface area (Å²) < 4.78 is 5.45. The molecule has 5 nitrogen and oxygen atoms in total. The van der Waals surface area contributed by atoms with Crippen molar-refractivity contribution >= 4 is 23.5 Å². The number of carbonyl (C=O) groups is 2. The lowest BCUT2D eigenvalue weighted by Crippen LogP contribution is -2.30. The normalized spacial score (nSPS) is 18.1. The number of benzene rings is 1. The fourth-order valence-corrected chi connectivity index (χ4v) is 2.35. The Morgan fingerprint density at radius 3 is 2.80 bits per heavy atom. The molecule has 1 heterocycles. The van der Waals surface area contributed by atoms with Crippen molar-refractivity contribution in [2.24, 2.45) is 5.92 Å². The van der Waals surface area contributed by atoms with Gasteiger partial charge in [0.15, 0.2) is 0 Å². The number of carboxylic acid groups (broad SMARTS) is 1. The molecule has 0 spiro atoms. The number of para-hydroxylation sites is 1. The molecule has 0 aliphatic carbocycles. The van der Waals surface area contributed by atoms with Crippen LogP contribution in [0.2, 0.25) is 5.02 Å². The summed E-state index contributed by atoms with van der Waals surface area (Å²) in [6.07, 6.45) is 0.740. The van der Waals surface area contributed by atoms with E-state index in [0.29, 0.717) is 30.3 Å². The number of halogens is 1. The number of amides is 1. The van der Waals surface area contributed by atoms with E-state index in [4.69, 9.17) is 21.4 Å². The van der Waals surface area contributed by atoms with Crippen molar-refractivity contribution < 1.29 is 19.4 Å². The second-order valence-electron chi connectivity index (χ2n) is 4.69. The van der Waals surface area contributed by atoms with Crippen LogP contribution in [0, 0.1) is 5.92 Å². The first-order chi connectivity index (χ1) is 9.58. The van der Waals surface area contributed by atoms with Gasteiger partial charge in [0.1, 0.15) is 5.75 Å². The molecule has 1 aliphatic rings. The van der Waals surface area contributed by atoms with Crippen LogP contribution in [0.4, 0.5) is 0 Å². The summed E-state index contributed by atoms with van der Waals surface area (Å²) in [7, 11) is 0. The maximum absolute atomic E-state index is 11.9. The van der Waals surface area contributed by atoms with Gasteiger partial charge in [-0.3, -0.25) is 9.59 Å². The number of hydrogen-bond donors (Lipinski definition) is 1. The molecular formula is C14H16ClNO4. The van der Waals surface area contributed by atoms with Crippen molar-refractivity contribution in [2.75, 3.05) is 19.7 Å². The lowest BCUT2D eigenvalue weighted by Gasteiger charge is -2.16. The van der Waals surface area contributed by atoms with E-state index in [2.05, 4.69) is 0 Å². The minimum atomic E-state index is -0.840. The Kier molecular flexibility index (Phi) is 4.84. The molecule has 108 valence electrons. The maximum atomic E-state index is 11.9. The first-order valence-electron chi connectivity index (χ1n) is 6.46. The monoisotopic (exact) mass is 297 g/mol. The summed E-state index contributed by atoms with van der Waals surface area (Å²) in [5.74, 6) is -0.816. The van der Waals surface area contributed by atoms with Crippen LogP contribution < -0.4 is 4.74 Å². The largest absolute Gasteiger partial charge is 0.491 e. The third-order valence-electron chi connectivity index (χ3n) is 3.30. The number of carboxylic acids is 1. The molecule has 1 amide bonds. The highest BCUT2D eigenvalue weighted by Crippen LogP contribution is 2.23. The van der Waals surface area contributed by atoms with Gasteiger partial charge in [-0.25, -0.2) is 0 Å². The Morgan fingerprint density at radius 2 is 2.15 bits per heavy atom. The van der Waals surface area contributed by atoms with E-state index in [0.717, 1.165) is 0 Å². The van der Waals surface area contributed by atoms with Gasteiger partial charge in [0.2, 0.25) is 5.91 Å². The quantitative estimate of drug-likeness (QED) is 0.903. The second-order valence-corrected chi connectivity index (χ2v) is 5.10. The predicted molar refractivity (Wildman–Crippen MR) is 73.9 cm³/mol. The minimum absolute atomic E-state index is 0.0826. The van der Waals surface area contributed by atoms with Crippen molar-refractivity contribution in [1.82, 2.24) is 4.90 Å². The van der Waals surface area contributed by atoms with E-state index < -0.39 is 11.9 Å². The summed E-state index contributed by atoms with van der Waals surface area (Å²) in [4.78, 5) is 24.3. The standard InChI is InChI=1S/C14H16ClNO4/c15-11-3-1-2-4-12(11)20-8-6-13(17)16-7-5-10(9-16)14(18)19/h1-4,10H,5-9H2,(H,18,19)/t10-/m1/s1. The molecule has 0 saturated carbocycles. The van der Waals surface area contributed by atoms with Gasteiger partial charge in [-0.1, -0.05) is 23.7 Å². The molecular weight excluding hydrogens is 282 g/mol. The molecule has 0 bridgehead atoms. The van der Waals surface area contributed by atoms with Crippen LogP contribution in [0.25, 0.3) is 0 Å². The fraction of sp³-hybridized carbons (Fsp3) is 0.429. The summed E-state index contributed by atoms with van der Waals surface area (Å²) in [6, 6.07) is 7.07. The fourth-order valence-electron chi connectivity index (χ4n) is 2.16. The lowest BCUT2D eigenvalue weighted by molar-refractivity contribution is -0.141. The third-order valence-corrected chi connectivity index (χ3v) is 3.61. The van der Waals surface area contributed by atoms with E-state index in [1.807, 2.05) is 0 Å². The van der Waals surface area contributed by atoms with Gasteiger partial charge in [-0.2, -0.15) is 0 Å². The zero-order chi connectivity index (χ0) is 14.5. The first-order valence-corrected chi connectivity index (χ1v) is 6.83. The van der Waals surface area contributed by atoms with Crippen molar-refractivity contribution in [1.29, 1.82) is 0 Å². The average molecular weight is 298 g/mol. The van der Waals surface area contributed by atoms with Crippen molar-refractivity contribution in [3.05, 3.63) is 29.3 Å². The summed E-state index contributed by atoms with van der Waals surface area (Å²) in [6.45, 7) is 1.03. The molecule has 1 aromatic rings. The average Bonchev–Trinajstić information content (AvgIpc) is 2.91. The topological polar surface area (TPSA) is 66.8 Å². The zero-order valence-corrected chi connectivity index (χ0v) is 11.7. The predicted octanol–water partition coefficient (Wildman–Crippen LogP) is 2.04. The number of hydrogen-bond acceptors (Lipinski definition) is 3. The van der Waals surface area contributed by atoms with E-state index in [1.54, 1.807) is 29.2 Å². The molecule has 0 radical (unpaired) electrons. The van der Waals surface area contributed by atoms with Crippen LogP contribution in [-0.4, -0.2) is 41.6 Å². The van der Waals surface area contributed by atoms with Crippen LogP contribution in [0.1, 0.15) is 12.8 Å². The number of ether oxygens (including phenoxy) is 1. The molecule has 1 fully saturated rings. The summed E-state index contributed by atoms with van der Waals surface area (Å²) in [5, 5.41) is 9.40.